The van der Waals surface area contributed by atoms with Crippen molar-refractivity contribution in [3.63, 3.8) is 0 Å². The molecular formula is C23H24N4O3S2. The number of rotatable bonds is 9. The number of benzene rings is 2. The van der Waals surface area contributed by atoms with Crippen molar-refractivity contribution in [2.45, 2.75) is 26.0 Å². The average molecular weight is 469 g/mol. The zero-order valence-corrected chi connectivity index (χ0v) is 19.4. The Balaban J connectivity index is 1.39. The van der Waals surface area contributed by atoms with Crippen LogP contribution >= 0.6 is 23.1 Å². The first-order valence-corrected chi connectivity index (χ1v) is 12.0. The smallest absolute Gasteiger partial charge is 0.234 e. The molecule has 0 unspecified atom stereocenters. The highest BCUT2D eigenvalue weighted by Crippen LogP contribution is 2.20. The number of amides is 3. The Kier molecular flexibility index (Phi) is 8.41. The Bertz CT molecular complexity index is 1100. The first-order valence-electron chi connectivity index (χ1n) is 9.92. The van der Waals surface area contributed by atoms with Crippen LogP contribution in [0.15, 0.2) is 53.9 Å². The number of anilines is 3. The average Bonchev–Trinajstić information content (AvgIpc) is 3.16. The molecule has 0 aliphatic rings. The second-order valence-corrected chi connectivity index (χ2v) is 9.00. The number of thioether (sulfide) groups is 1. The van der Waals surface area contributed by atoms with Crippen molar-refractivity contribution in [2.24, 2.45) is 0 Å². The Morgan fingerprint density at radius 2 is 1.69 bits per heavy atom. The summed E-state index contributed by atoms with van der Waals surface area (Å²) in [6.45, 7) is 3.44. The lowest BCUT2D eigenvalue weighted by Crippen LogP contribution is -2.14. The Labute approximate surface area is 195 Å². The molecule has 2 aromatic carbocycles. The van der Waals surface area contributed by atoms with Crippen LogP contribution in [0.1, 0.15) is 23.7 Å². The van der Waals surface area contributed by atoms with Gasteiger partial charge in [0.15, 0.2) is 5.13 Å². The fraction of sp³-hybridized carbons (Fsp3) is 0.217. The molecule has 9 heteroatoms. The van der Waals surface area contributed by atoms with E-state index in [9.17, 15) is 14.4 Å². The minimum Gasteiger partial charge on any atom is -0.326 e. The number of aromatic nitrogens is 1. The van der Waals surface area contributed by atoms with E-state index < -0.39 is 0 Å². The third kappa shape index (κ3) is 7.82. The van der Waals surface area contributed by atoms with Gasteiger partial charge in [0.05, 0.1) is 17.9 Å². The summed E-state index contributed by atoms with van der Waals surface area (Å²) >= 11 is 2.82. The lowest BCUT2D eigenvalue weighted by Gasteiger charge is -2.06. The van der Waals surface area contributed by atoms with Crippen molar-refractivity contribution in [3.05, 3.63) is 70.7 Å². The van der Waals surface area contributed by atoms with Crippen LogP contribution in [-0.4, -0.2) is 28.5 Å². The molecule has 0 spiro atoms. The summed E-state index contributed by atoms with van der Waals surface area (Å²) in [4.78, 5) is 39.8. The van der Waals surface area contributed by atoms with E-state index in [1.807, 2.05) is 36.6 Å². The molecule has 0 saturated carbocycles. The monoisotopic (exact) mass is 468 g/mol. The third-order valence-electron chi connectivity index (χ3n) is 4.22. The standard InChI is InChI=1S/C23H24N4O3S2/c1-15-4-3-5-17(10-15)11-21(29)27-23-26-20(13-32-23)12-31-14-22(30)25-19-8-6-18(7-9-19)24-16(2)28/h3-10,13H,11-12,14H2,1-2H3,(H,24,28)(H,25,30)(H,26,27,29). The topological polar surface area (TPSA) is 100 Å². The molecule has 0 atom stereocenters. The lowest BCUT2D eigenvalue weighted by molar-refractivity contribution is -0.116. The van der Waals surface area contributed by atoms with Gasteiger partial charge in [-0.1, -0.05) is 29.8 Å². The molecule has 0 radical (unpaired) electrons. The zero-order chi connectivity index (χ0) is 22.9. The van der Waals surface area contributed by atoms with Gasteiger partial charge < -0.3 is 16.0 Å². The SMILES string of the molecule is CC(=O)Nc1ccc(NC(=O)CSCc2csc(NC(=O)Cc3cccc(C)c3)n2)cc1. The number of nitrogens with one attached hydrogen (secondary N) is 3. The van der Waals surface area contributed by atoms with Gasteiger partial charge in [-0.25, -0.2) is 4.98 Å². The Hall–Kier alpha value is -3.17. The van der Waals surface area contributed by atoms with Crippen molar-refractivity contribution < 1.29 is 14.4 Å². The van der Waals surface area contributed by atoms with Gasteiger partial charge in [-0.3, -0.25) is 14.4 Å². The van der Waals surface area contributed by atoms with Gasteiger partial charge >= 0.3 is 0 Å². The van der Waals surface area contributed by atoms with Crippen molar-refractivity contribution in [1.29, 1.82) is 0 Å². The number of hydrogen-bond acceptors (Lipinski definition) is 6. The molecule has 3 rings (SSSR count). The molecule has 32 heavy (non-hydrogen) atoms. The summed E-state index contributed by atoms with van der Waals surface area (Å²) in [5.41, 5.74) is 4.24. The second kappa shape index (κ2) is 11.4. The highest BCUT2D eigenvalue weighted by atomic mass is 32.2. The van der Waals surface area contributed by atoms with Crippen LogP contribution in [-0.2, 0) is 26.6 Å². The Morgan fingerprint density at radius 3 is 2.38 bits per heavy atom. The van der Waals surface area contributed by atoms with E-state index in [1.165, 1.54) is 30.0 Å². The van der Waals surface area contributed by atoms with Crippen LogP contribution in [0.5, 0.6) is 0 Å². The van der Waals surface area contributed by atoms with Crippen LogP contribution in [0.25, 0.3) is 0 Å². The fourth-order valence-electron chi connectivity index (χ4n) is 2.89. The molecule has 0 saturated heterocycles. The van der Waals surface area contributed by atoms with Gasteiger partial charge in [0.2, 0.25) is 17.7 Å². The van der Waals surface area contributed by atoms with Crippen LogP contribution in [0.3, 0.4) is 0 Å². The number of thiazole rings is 1. The van der Waals surface area contributed by atoms with E-state index in [1.54, 1.807) is 24.3 Å². The van der Waals surface area contributed by atoms with Crippen LogP contribution < -0.4 is 16.0 Å². The zero-order valence-electron chi connectivity index (χ0n) is 17.8. The van der Waals surface area contributed by atoms with Gasteiger partial charge in [-0.15, -0.1) is 23.1 Å². The maximum absolute atomic E-state index is 12.2. The quantitative estimate of drug-likeness (QED) is 0.430. The molecule has 1 aromatic heterocycles. The van der Waals surface area contributed by atoms with Crippen LogP contribution in [0.4, 0.5) is 16.5 Å². The lowest BCUT2D eigenvalue weighted by atomic mass is 10.1. The van der Waals surface area contributed by atoms with E-state index in [0.717, 1.165) is 16.8 Å². The first-order chi connectivity index (χ1) is 15.4. The van der Waals surface area contributed by atoms with Gasteiger partial charge in [0.1, 0.15) is 0 Å². The van der Waals surface area contributed by atoms with Crippen molar-refractivity contribution in [2.75, 3.05) is 21.7 Å². The number of hydrogen-bond donors (Lipinski definition) is 3. The van der Waals surface area contributed by atoms with E-state index in [4.69, 9.17) is 0 Å². The van der Waals surface area contributed by atoms with Gasteiger partial charge in [-0.2, -0.15) is 0 Å². The molecule has 3 N–H and O–H groups in total. The number of nitrogens with zero attached hydrogens (tertiary/aromatic N) is 1. The van der Waals surface area contributed by atoms with Gasteiger partial charge in [-0.05, 0) is 36.8 Å². The van der Waals surface area contributed by atoms with Gasteiger partial charge in [0.25, 0.3) is 0 Å². The summed E-state index contributed by atoms with van der Waals surface area (Å²) in [7, 11) is 0. The summed E-state index contributed by atoms with van der Waals surface area (Å²) in [5.74, 6) is 0.477. The van der Waals surface area contributed by atoms with E-state index in [0.29, 0.717) is 28.7 Å². The summed E-state index contributed by atoms with van der Waals surface area (Å²) in [5, 5.41) is 10.8. The molecule has 0 fully saturated rings. The molecular weight excluding hydrogens is 444 g/mol. The predicted octanol–water partition coefficient (Wildman–Crippen LogP) is 4.46. The van der Waals surface area contributed by atoms with Crippen LogP contribution in [0, 0.1) is 6.92 Å². The molecule has 0 aliphatic heterocycles. The number of carbonyl (C=O) groups is 3. The van der Waals surface area contributed by atoms with E-state index >= 15 is 0 Å². The van der Waals surface area contributed by atoms with Crippen molar-refractivity contribution in [3.8, 4) is 0 Å². The normalized spacial score (nSPS) is 10.4. The number of carbonyl (C=O) groups excluding carboxylic acids is 3. The summed E-state index contributed by atoms with van der Waals surface area (Å²) < 4.78 is 0. The molecule has 166 valence electrons. The third-order valence-corrected chi connectivity index (χ3v) is 5.99. The van der Waals surface area contributed by atoms with Crippen molar-refractivity contribution in [1.82, 2.24) is 4.98 Å². The highest BCUT2D eigenvalue weighted by Gasteiger charge is 2.09. The summed E-state index contributed by atoms with van der Waals surface area (Å²) in [6.07, 6.45) is 0.303. The minimum absolute atomic E-state index is 0.104. The van der Waals surface area contributed by atoms with Crippen LogP contribution in [0.2, 0.25) is 0 Å². The molecule has 3 aromatic rings. The molecule has 0 bridgehead atoms. The second-order valence-electron chi connectivity index (χ2n) is 7.16. The van der Waals surface area contributed by atoms with E-state index in [-0.39, 0.29) is 23.5 Å². The van der Waals surface area contributed by atoms with Crippen molar-refractivity contribution >= 4 is 57.3 Å². The molecule has 3 amide bonds. The predicted molar refractivity (Wildman–Crippen MR) is 131 cm³/mol. The molecule has 7 nitrogen and oxygen atoms in total. The van der Waals surface area contributed by atoms with Gasteiger partial charge in [0, 0.05) is 29.4 Å². The first kappa shape index (κ1) is 23.5. The largest absolute Gasteiger partial charge is 0.326 e. The highest BCUT2D eigenvalue weighted by molar-refractivity contribution is 7.99. The molecule has 1 heterocycles. The maximum atomic E-state index is 12.2. The van der Waals surface area contributed by atoms with E-state index in [2.05, 4.69) is 20.9 Å². The Morgan fingerprint density at radius 1 is 0.969 bits per heavy atom. The minimum atomic E-state index is -0.144. The maximum Gasteiger partial charge on any atom is 0.234 e. The number of aryl methyl sites for hydroxylation is 1. The fourth-order valence-corrected chi connectivity index (χ4v) is 4.44. The molecule has 0 aliphatic carbocycles. The summed E-state index contributed by atoms with van der Waals surface area (Å²) in [6, 6.07) is 14.8.